The maximum Gasteiger partial charge on any atom is 0.159 e. The molecule has 0 amide bonds. The molecule has 4 N–H and O–H groups in total. The lowest BCUT2D eigenvalue weighted by Gasteiger charge is -2.08. The van der Waals surface area contributed by atoms with Crippen LogP contribution in [0.15, 0.2) is 12.1 Å². The molecule has 0 saturated carbocycles. The molecule has 14 heavy (non-hydrogen) atoms. The van der Waals surface area contributed by atoms with E-state index >= 15 is 0 Å². The molecule has 0 aromatic heterocycles. The highest BCUT2D eigenvalue weighted by Crippen LogP contribution is 2.15. The van der Waals surface area contributed by atoms with Gasteiger partial charge < -0.3 is 11.5 Å². The Hall–Kier alpha value is -1.00. The first kappa shape index (κ1) is 11.1. The third kappa shape index (κ3) is 2.49. The lowest BCUT2D eigenvalue weighted by Crippen LogP contribution is -2.10. The predicted molar refractivity (Wildman–Crippen MR) is 51.9 cm³/mol. The zero-order valence-corrected chi connectivity index (χ0v) is 7.89. The smallest absolute Gasteiger partial charge is 0.159 e. The van der Waals surface area contributed by atoms with Crippen LogP contribution in [-0.2, 0) is 12.8 Å². The highest BCUT2D eigenvalue weighted by Gasteiger charge is 2.08. The number of hydrogen-bond acceptors (Lipinski definition) is 2. The van der Waals surface area contributed by atoms with E-state index in [1.165, 1.54) is 12.1 Å². The van der Waals surface area contributed by atoms with Crippen molar-refractivity contribution in [2.75, 3.05) is 13.1 Å². The van der Waals surface area contributed by atoms with Gasteiger partial charge in [-0.05, 0) is 49.2 Å². The largest absolute Gasteiger partial charge is 0.330 e. The molecule has 1 rings (SSSR count). The minimum Gasteiger partial charge on any atom is -0.330 e. The second-order valence-corrected chi connectivity index (χ2v) is 3.11. The standard InChI is InChI=1S/C10H14F2N2/c11-9-5-7(1-3-13)8(2-4-14)6-10(9)12/h5-6H,1-4,13-14H2. The van der Waals surface area contributed by atoms with Crippen LogP contribution in [0.4, 0.5) is 8.78 Å². The van der Waals surface area contributed by atoms with E-state index in [0.717, 1.165) is 11.1 Å². The summed E-state index contributed by atoms with van der Waals surface area (Å²) >= 11 is 0. The van der Waals surface area contributed by atoms with Gasteiger partial charge >= 0.3 is 0 Å². The molecule has 0 aliphatic carbocycles. The lowest BCUT2D eigenvalue weighted by molar-refractivity contribution is 0.505. The molecule has 1 aromatic rings. The molecule has 1 aromatic carbocycles. The zero-order chi connectivity index (χ0) is 10.6. The topological polar surface area (TPSA) is 52.0 Å². The third-order valence-electron chi connectivity index (χ3n) is 2.07. The molecule has 78 valence electrons. The molecule has 2 nitrogen and oxygen atoms in total. The Morgan fingerprint density at radius 1 is 0.857 bits per heavy atom. The number of benzene rings is 1. The molecular formula is C10H14F2N2. The van der Waals surface area contributed by atoms with Crippen molar-refractivity contribution in [3.8, 4) is 0 Å². The second kappa shape index (κ2) is 5.02. The Bertz CT molecular complexity index is 282. The van der Waals surface area contributed by atoms with Gasteiger partial charge in [-0.25, -0.2) is 8.78 Å². The van der Waals surface area contributed by atoms with Crippen molar-refractivity contribution in [2.24, 2.45) is 11.5 Å². The van der Waals surface area contributed by atoms with E-state index in [1.807, 2.05) is 0 Å². The van der Waals surface area contributed by atoms with Gasteiger partial charge in [0.25, 0.3) is 0 Å². The number of rotatable bonds is 4. The fourth-order valence-electron chi connectivity index (χ4n) is 1.41. The molecule has 0 saturated heterocycles. The SMILES string of the molecule is NCCc1cc(F)c(F)cc1CCN. The summed E-state index contributed by atoms with van der Waals surface area (Å²) in [5, 5.41) is 0. The Labute approximate surface area is 81.9 Å². The van der Waals surface area contributed by atoms with Gasteiger partial charge in [-0.1, -0.05) is 0 Å². The minimum atomic E-state index is -0.825. The highest BCUT2D eigenvalue weighted by atomic mass is 19.2. The molecule has 0 radical (unpaired) electrons. The molecule has 4 heteroatoms. The number of halogens is 2. The summed E-state index contributed by atoms with van der Waals surface area (Å²) < 4.78 is 25.8. The van der Waals surface area contributed by atoms with Crippen LogP contribution < -0.4 is 11.5 Å². The Morgan fingerprint density at radius 3 is 1.50 bits per heavy atom. The van der Waals surface area contributed by atoms with Crippen LogP contribution >= 0.6 is 0 Å². The van der Waals surface area contributed by atoms with Gasteiger partial charge in [-0.2, -0.15) is 0 Å². The Kier molecular flexibility index (Phi) is 3.98. The summed E-state index contributed by atoms with van der Waals surface area (Å²) in [4.78, 5) is 0. The molecule has 0 bridgehead atoms. The summed E-state index contributed by atoms with van der Waals surface area (Å²) in [6, 6.07) is 2.40. The zero-order valence-electron chi connectivity index (χ0n) is 7.89. The van der Waals surface area contributed by atoms with Crippen LogP contribution in [0.5, 0.6) is 0 Å². The van der Waals surface area contributed by atoms with Crippen molar-refractivity contribution in [3.63, 3.8) is 0 Å². The molecule has 0 spiro atoms. The van der Waals surface area contributed by atoms with Gasteiger partial charge in [0.05, 0.1) is 0 Å². The van der Waals surface area contributed by atoms with Crippen molar-refractivity contribution < 1.29 is 8.78 Å². The van der Waals surface area contributed by atoms with Crippen molar-refractivity contribution in [1.29, 1.82) is 0 Å². The van der Waals surface area contributed by atoms with Gasteiger partial charge in [-0.3, -0.25) is 0 Å². The van der Waals surface area contributed by atoms with Crippen LogP contribution in [0, 0.1) is 11.6 Å². The molecule has 0 heterocycles. The first-order valence-electron chi connectivity index (χ1n) is 4.56. The lowest BCUT2D eigenvalue weighted by atomic mass is 10.0. The van der Waals surface area contributed by atoms with Crippen molar-refractivity contribution >= 4 is 0 Å². The van der Waals surface area contributed by atoms with E-state index in [1.54, 1.807) is 0 Å². The normalized spacial score (nSPS) is 10.6. The molecule has 0 fully saturated rings. The fourth-order valence-corrected chi connectivity index (χ4v) is 1.41. The predicted octanol–water partition coefficient (Wildman–Crippen LogP) is 0.967. The van der Waals surface area contributed by atoms with Crippen LogP contribution in [0.25, 0.3) is 0 Å². The van der Waals surface area contributed by atoms with Crippen LogP contribution in [0.1, 0.15) is 11.1 Å². The monoisotopic (exact) mass is 200 g/mol. The fraction of sp³-hybridized carbons (Fsp3) is 0.400. The summed E-state index contributed by atoms with van der Waals surface area (Å²) in [7, 11) is 0. The summed E-state index contributed by atoms with van der Waals surface area (Å²) in [6.45, 7) is 0.839. The molecule has 0 unspecified atom stereocenters. The maximum absolute atomic E-state index is 12.9. The first-order valence-corrected chi connectivity index (χ1v) is 4.56. The molecular weight excluding hydrogens is 186 g/mol. The molecule has 0 aliphatic heterocycles. The molecule has 0 aliphatic rings. The highest BCUT2D eigenvalue weighted by molar-refractivity contribution is 5.29. The van der Waals surface area contributed by atoms with Crippen LogP contribution in [0.3, 0.4) is 0 Å². The van der Waals surface area contributed by atoms with Gasteiger partial charge in [0, 0.05) is 0 Å². The summed E-state index contributed by atoms with van der Waals surface area (Å²) in [6.07, 6.45) is 1.10. The molecule has 0 atom stereocenters. The Morgan fingerprint density at radius 2 is 1.21 bits per heavy atom. The van der Waals surface area contributed by atoms with Crippen LogP contribution in [-0.4, -0.2) is 13.1 Å². The van der Waals surface area contributed by atoms with E-state index in [2.05, 4.69) is 0 Å². The summed E-state index contributed by atoms with van der Waals surface area (Å²) in [5.41, 5.74) is 12.2. The third-order valence-corrected chi connectivity index (χ3v) is 2.07. The van der Waals surface area contributed by atoms with Crippen molar-refractivity contribution in [3.05, 3.63) is 34.9 Å². The number of nitrogens with two attached hydrogens (primary N) is 2. The average molecular weight is 200 g/mol. The van der Waals surface area contributed by atoms with E-state index in [-0.39, 0.29) is 0 Å². The van der Waals surface area contributed by atoms with E-state index in [9.17, 15) is 8.78 Å². The van der Waals surface area contributed by atoms with Crippen molar-refractivity contribution in [2.45, 2.75) is 12.8 Å². The first-order chi connectivity index (χ1) is 6.69. The van der Waals surface area contributed by atoms with E-state index in [0.29, 0.717) is 25.9 Å². The van der Waals surface area contributed by atoms with E-state index < -0.39 is 11.6 Å². The van der Waals surface area contributed by atoms with Gasteiger partial charge in [0.1, 0.15) is 0 Å². The second-order valence-electron chi connectivity index (χ2n) is 3.11. The van der Waals surface area contributed by atoms with Gasteiger partial charge in [0.2, 0.25) is 0 Å². The Balaban J connectivity index is 3.03. The van der Waals surface area contributed by atoms with Crippen molar-refractivity contribution in [1.82, 2.24) is 0 Å². The maximum atomic E-state index is 12.9. The minimum absolute atomic E-state index is 0.419. The summed E-state index contributed by atoms with van der Waals surface area (Å²) in [5.74, 6) is -1.65. The van der Waals surface area contributed by atoms with E-state index in [4.69, 9.17) is 11.5 Å². The quantitative estimate of drug-likeness (QED) is 0.760. The van der Waals surface area contributed by atoms with Gasteiger partial charge in [-0.15, -0.1) is 0 Å². The van der Waals surface area contributed by atoms with Gasteiger partial charge in [0.15, 0.2) is 11.6 Å². The van der Waals surface area contributed by atoms with Crippen LogP contribution in [0.2, 0.25) is 0 Å². The number of hydrogen-bond donors (Lipinski definition) is 2. The average Bonchev–Trinajstić information content (AvgIpc) is 2.14.